The van der Waals surface area contributed by atoms with Crippen LogP contribution in [0.4, 0.5) is 10.1 Å². The van der Waals surface area contributed by atoms with Gasteiger partial charge >= 0.3 is 0 Å². The number of benzene rings is 2. The predicted molar refractivity (Wildman–Crippen MR) is 86.5 cm³/mol. The monoisotopic (exact) mass is 349 g/mol. The molecule has 2 aromatic rings. The summed E-state index contributed by atoms with van der Waals surface area (Å²) in [6, 6.07) is 9.28. The third-order valence-electron chi connectivity index (χ3n) is 3.99. The van der Waals surface area contributed by atoms with Crippen LogP contribution in [0.5, 0.6) is 5.75 Å². The summed E-state index contributed by atoms with van der Waals surface area (Å²) in [6.45, 7) is 2.05. The van der Waals surface area contributed by atoms with E-state index in [4.69, 9.17) is 4.74 Å². The smallest absolute Gasteiger partial charge is 0.143 e. The van der Waals surface area contributed by atoms with E-state index >= 15 is 0 Å². The SMILES string of the molecule is COc1cc(Br)cc(C)c1NC1CCc2cc(F)ccc21. The van der Waals surface area contributed by atoms with Crippen LogP contribution in [0.25, 0.3) is 0 Å². The molecular formula is C17H17BrFNO. The van der Waals surface area contributed by atoms with Gasteiger partial charge in [-0.05, 0) is 60.7 Å². The van der Waals surface area contributed by atoms with E-state index in [-0.39, 0.29) is 11.9 Å². The number of fused-ring (bicyclic) bond motifs is 1. The number of nitrogens with one attached hydrogen (secondary N) is 1. The number of halogens is 2. The zero-order valence-electron chi connectivity index (χ0n) is 12.0. The zero-order chi connectivity index (χ0) is 15.0. The molecule has 21 heavy (non-hydrogen) atoms. The van der Waals surface area contributed by atoms with Crippen LogP contribution < -0.4 is 10.1 Å². The van der Waals surface area contributed by atoms with Crippen molar-refractivity contribution in [2.24, 2.45) is 0 Å². The highest BCUT2D eigenvalue weighted by molar-refractivity contribution is 9.10. The Labute approximate surface area is 132 Å². The van der Waals surface area contributed by atoms with E-state index in [1.165, 1.54) is 11.6 Å². The number of anilines is 1. The summed E-state index contributed by atoms with van der Waals surface area (Å²) in [5.74, 6) is 0.657. The van der Waals surface area contributed by atoms with Crippen molar-refractivity contribution < 1.29 is 9.13 Å². The average molecular weight is 350 g/mol. The molecule has 3 rings (SSSR count). The molecule has 0 amide bonds. The molecule has 0 fully saturated rings. The summed E-state index contributed by atoms with van der Waals surface area (Å²) < 4.78 is 19.8. The van der Waals surface area contributed by atoms with Crippen molar-refractivity contribution in [1.82, 2.24) is 0 Å². The normalized spacial score (nSPS) is 16.7. The molecule has 0 spiro atoms. The van der Waals surface area contributed by atoms with Gasteiger partial charge in [-0.1, -0.05) is 22.0 Å². The van der Waals surface area contributed by atoms with Crippen molar-refractivity contribution >= 4 is 21.6 Å². The number of rotatable bonds is 3. The fourth-order valence-corrected chi connectivity index (χ4v) is 3.52. The fraction of sp³-hybridized carbons (Fsp3) is 0.294. The Balaban J connectivity index is 1.93. The van der Waals surface area contributed by atoms with Gasteiger partial charge in [-0.25, -0.2) is 4.39 Å². The molecule has 1 N–H and O–H groups in total. The summed E-state index contributed by atoms with van der Waals surface area (Å²) in [5.41, 5.74) is 4.40. The van der Waals surface area contributed by atoms with Crippen molar-refractivity contribution in [3.63, 3.8) is 0 Å². The first-order chi connectivity index (χ1) is 10.1. The molecule has 1 aliphatic rings. The van der Waals surface area contributed by atoms with Crippen molar-refractivity contribution in [3.05, 3.63) is 57.3 Å². The number of ether oxygens (including phenoxy) is 1. The summed E-state index contributed by atoms with van der Waals surface area (Å²) in [7, 11) is 1.67. The van der Waals surface area contributed by atoms with Gasteiger partial charge in [0.15, 0.2) is 0 Å². The van der Waals surface area contributed by atoms with Gasteiger partial charge in [0, 0.05) is 4.47 Å². The summed E-state index contributed by atoms with van der Waals surface area (Å²) in [5, 5.41) is 3.56. The largest absolute Gasteiger partial charge is 0.495 e. The van der Waals surface area contributed by atoms with Crippen LogP contribution in [0.3, 0.4) is 0 Å². The molecular weight excluding hydrogens is 333 g/mol. The van der Waals surface area contributed by atoms with E-state index in [0.717, 1.165) is 39.9 Å². The lowest BCUT2D eigenvalue weighted by atomic mass is 10.1. The second kappa shape index (κ2) is 5.68. The number of hydrogen-bond donors (Lipinski definition) is 1. The molecule has 0 saturated carbocycles. The van der Waals surface area contributed by atoms with Gasteiger partial charge in [0.25, 0.3) is 0 Å². The standard InChI is InChI=1S/C17H17BrFNO/c1-10-7-12(18)9-16(21-2)17(10)20-15-6-3-11-8-13(19)4-5-14(11)15/h4-5,7-9,15,20H,3,6H2,1-2H3. The van der Waals surface area contributed by atoms with Crippen LogP contribution in [-0.4, -0.2) is 7.11 Å². The molecule has 0 aliphatic heterocycles. The molecule has 1 aliphatic carbocycles. The maximum Gasteiger partial charge on any atom is 0.143 e. The molecule has 2 nitrogen and oxygen atoms in total. The Morgan fingerprint density at radius 1 is 1.29 bits per heavy atom. The Hall–Kier alpha value is -1.55. The van der Waals surface area contributed by atoms with Crippen molar-refractivity contribution in [2.45, 2.75) is 25.8 Å². The highest BCUT2D eigenvalue weighted by Gasteiger charge is 2.24. The van der Waals surface area contributed by atoms with Gasteiger partial charge in [0.2, 0.25) is 0 Å². The molecule has 0 radical (unpaired) electrons. The maximum atomic E-state index is 13.3. The lowest BCUT2D eigenvalue weighted by Crippen LogP contribution is -2.09. The lowest BCUT2D eigenvalue weighted by Gasteiger charge is -2.20. The van der Waals surface area contributed by atoms with E-state index in [9.17, 15) is 4.39 Å². The lowest BCUT2D eigenvalue weighted by molar-refractivity contribution is 0.415. The first-order valence-corrected chi connectivity index (χ1v) is 7.77. The fourth-order valence-electron chi connectivity index (χ4n) is 2.97. The van der Waals surface area contributed by atoms with E-state index in [0.29, 0.717) is 0 Å². The van der Waals surface area contributed by atoms with Crippen LogP contribution in [0.15, 0.2) is 34.8 Å². The Morgan fingerprint density at radius 3 is 2.86 bits per heavy atom. The van der Waals surface area contributed by atoms with E-state index < -0.39 is 0 Å². The average Bonchev–Trinajstić information content (AvgIpc) is 2.83. The van der Waals surface area contributed by atoms with Crippen LogP contribution >= 0.6 is 15.9 Å². The zero-order valence-corrected chi connectivity index (χ0v) is 13.6. The van der Waals surface area contributed by atoms with Crippen molar-refractivity contribution in [2.75, 3.05) is 12.4 Å². The van der Waals surface area contributed by atoms with Gasteiger partial charge in [0.1, 0.15) is 11.6 Å². The summed E-state index contributed by atoms with van der Waals surface area (Å²) in [6.07, 6.45) is 1.88. The molecule has 4 heteroatoms. The van der Waals surface area contributed by atoms with Crippen LogP contribution in [0.2, 0.25) is 0 Å². The Morgan fingerprint density at radius 2 is 2.10 bits per heavy atom. The van der Waals surface area contributed by atoms with Gasteiger partial charge < -0.3 is 10.1 Å². The first-order valence-electron chi connectivity index (χ1n) is 6.97. The minimum Gasteiger partial charge on any atom is -0.495 e. The van der Waals surface area contributed by atoms with Gasteiger partial charge in [0.05, 0.1) is 18.8 Å². The molecule has 1 unspecified atom stereocenters. The molecule has 2 aromatic carbocycles. The van der Waals surface area contributed by atoms with Crippen molar-refractivity contribution in [1.29, 1.82) is 0 Å². The highest BCUT2D eigenvalue weighted by atomic mass is 79.9. The first kappa shape index (κ1) is 14.4. The Bertz CT molecular complexity index is 687. The number of aryl methyl sites for hydroxylation is 2. The van der Waals surface area contributed by atoms with Crippen LogP contribution in [0, 0.1) is 12.7 Å². The molecule has 0 aromatic heterocycles. The third kappa shape index (κ3) is 2.77. The number of hydrogen-bond acceptors (Lipinski definition) is 2. The number of methoxy groups -OCH3 is 1. The molecule has 110 valence electrons. The van der Waals surface area contributed by atoms with Gasteiger partial charge in [-0.15, -0.1) is 0 Å². The summed E-state index contributed by atoms with van der Waals surface area (Å²) >= 11 is 3.48. The summed E-state index contributed by atoms with van der Waals surface area (Å²) in [4.78, 5) is 0. The minimum absolute atomic E-state index is 0.160. The Kier molecular flexibility index (Phi) is 3.89. The quantitative estimate of drug-likeness (QED) is 0.841. The second-order valence-electron chi connectivity index (χ2n) is 5.38. The minimum atomic E-state index is -0.160. The second-order valence-corrected chi connectivity index (χ2v) is 6.29. The van der Waals surface area contributed by atoms with E-state index in [2.05, 4.69) is 34.2 Å². The predicted octanol–water partition coefficient (Wildman–Crippen LogP) is 5.00. The highest BCUT2D eigenvalue weighted by Crippen LogP contribution is 2.39. The molecule has 0 saturated heterocycles. The van der Waals surface area contributed by atoms with E-state index in [1.54, 1.807) is 13.2 Å². The molecule has 1 atom stereocenters. The topological polar surface area (TPSA) is 21.3 Å². The molecule has 0 heterocycles. The van der Waals surface area contributed by atoms with Gasteiger partial charge in [-0.2, -0.15) is 0 Å². The van der Waals surface area contributed by atoms with Crippen LogP contribution in [-0.2, 0) is 6.42 Å². The van der Waals surface area contributed by atoms with Gasteiger partial charge in [-0.3, -0.25) is 0 Å². The molecule has 0 bridgehead atoms. The maximum absolute atomic E-state index is 13.3. The van der Waals surface area contributed by atoms with Crippen molar-refractivity contribution in [3.8, 4) is 5.75 Å². The van der Waals surface area contributed by atoms with E-state index in [1.807, 2.05) is 12.1 Å². The van der Waals surface area contributed by atoms with Crippen LogP contribution in [0.1, 0.15) is 29.2 Å². The third-order valence-corrected chi connectivity index (χ3v) is 4.44.